The van der Waals surface area contributed by atoms with Crippen LogP contribution in [-0.2, 0) is 39.0 Å². The highest BCUT2D eigenvalue weighted by Crippen LogP contribution is 2.30. The van der Waals surface area contributed by atoms with E-state index in [4.69, 9.17) is 23.5 Å². The fraction of sp³-hybridized carbons (Fsp3) is 0.521. The number of ether oxygens (including phenoxy) is 3. The number of hydroxylamine groups is 2. The third-order valence-electron chi connectivity index (χ3n) is 10.5. The van der Waals surface area contributed by atoms with E-state index in [-0.39, 0.29) is 49.3 Å². The van der Waals surface area contributed by atoms with Gasteiger partial charge in [0.1, 0.15) is 17.6 Å². The number of hydrogen-bond donors (Lipinski definition) is 4. The van der Waals surface area contributed by atoms with Crippen molar-refractivity contribution in [3.8, 4) is 17.1 Å². The van der Waals surface area contributed by atoms with Crippen LogP contribution in [0.1, 0.15) is 139 Å². The number of amides is 5. The summed E-state index contributed by atoms with van der Waals surface area (Å²) in [6, 6.07) is 14.8. The minimum atomic E-state index is -1.30. The molecule has 0 saturated carbocycles. The second-order valence-corrected chi connectivity index (χ2v) is 15.9. The van der Waals surface area contributed by atoms with Crippen LogP contribution in [0.2, 0.25) is 0 Å². The molecule has 0 bridgehead atoms. The Morgan fingerprint density at radius 3 is 2.14 bits per heavy atom. The Morgan fingerprint density at radius 1 is 0.800 bits per heavy atom. The maximum atomic E-state index is 13.7. The highest BCUT2D eigenvalue weighted by molar-refractivity contribution is 6.00. The van der Waals surface area contributed by atoms with Crippen LogP contribution in [0.3, 0.4) is 0 Å². The van der Waals surface area contributed by atoms with Crippen molar-refractivity contribution in [3.63, 3.8) is 0 Å². The summed E-state index contributed by atoms with van der Waals surface area (Å²) < 4.78 is 22.2. The Kier molecular flexibility index (Phi) is 22.6. The molecule has 0 spiro atoms. The first-order valence-corrected chi connectivity index (χ1v) is 22.6. The average Bonchev–Trinajstić information content (AvgIpc) is 3.79. The highest BCUT2D eigenvalue weighted by Gasteiger charge is 2.35. The van der Waals surface area contributed by atoms with Gasteiger partial charge in [-0.05, 0) is 76.3 Å². The van der Waals surface area contributed by atoms with Crippen molar-refractivity contribution in [2.75, 3.05) is 26.5 Å². The Morgan fingerprint density at radius 2 is 1.49 bits per heavy atom. The van der Waals surface area contributed by atoms with Gasteiger partial charge < -0.3 is 44.7 Å². The minimum absolute atomic E-state index is 0.0693. The van der Waals surface area contributed by atoms with Gasteiger partial charge >= 0.3 is 18.0 Å². The van der Waals surface area contributed by atoms with E-state index in [1.807, 2.05) is 51.1 Å². The molecule has 0 aliphatic heterocycles. The van der Waals surface area contributed by atoms with E-state index in [9.17, 15) is 33.6 Å². The molecule has 356 valence electrons. The van der Waals surface area contributed by atoms with E-state index >= 15 is 0 Å². The molecule has 5 amide bonds. The average molecular weight is 906 g/mol. The van der Waals surface area contributed by atoms with Gasteiger partial charge in [0.25, 0.3) is 11.8 Å². The molecule has 1 aromatic heterocycles. The molecule has 3 rings (SSSR count). The van der Waals surface area contributed by atoms with Gasteiger partial charge in [0.15, 0.2) is 5.76 Å². The summed E-state index contributed by atoms with van der Waals surface area (Å²) in [7, 11) is 0. The molecule has 0 fully saturated rings. The predicted molar refractivity (Wildman–Crippen MR) is 242 cm³/mol. The summed E-state index contributed by atoms with van der Waals surface area (Å²) in [6.45, 7) is 13.3. The molecule has 0 saturated heterocycles. The molecule has 17 nitrogen and oxygen atoms in total. The van der Waals surface area contributed by atoms with Crippen molar-refractivity contribution in [3.05, 3.63) is 77.6 Å². The van der Waals surface area contributed by atoms with E-state index in [2.05, 4.69) is 21.3 Å². The van der Waals surface area contributed by atoms with Crippen LogP contribution in [0.15, 0.2) is 65.1 Å². The third kappa shape index (κ3) is 16.9. The van der Waals surface area contributed by atoms with Crippen molar-refractivity contribution in [1.29, 1.82) is 0 Å². The largest absolute Gasteiger partial charge is 0.493 e. The summed E-state index contributed by atoms with van der Waals surface area (Å²) in [5.74, 6) is -3.59. The molecule has 1 heterocycles. The lowest BCUT2D eigenvalue weighted by atomic mass is 9.90. The van der Waals surface area contributed by atoms with E-state index in [0.29, 0.717) is 44.1 Å². The fourth-order valence-corrected chi connectivity index (χ4v) is 6.81. The molecule has 0 aliphatic rings. The van der Waals surface area contributed by atoms with Gasteiger partial charge in [-0.25, -0.2) is 9.59 Å². The molecular formula is C48H67N5O12. The number of esters is 2. The molecule has 17 heteroatoms. The zero-order valence-corrected chi connectivity index (χ0v) is 38.8. The van der Waals surface area contributed by atoms with E-state index in [0.717, 1.165) is 36.3 Å². The van der Waals surface area contributed by atoms with Crippen LogP contribution in [0, 0.1) is 5.92 Å². The van der Waals surface area contributed by atoms with E-state index in [1.165, 1.54) is 12.1 Å². The molecular weight excluding hydrogens is 839 g/mol. The van der Waals surface area contributed by atoms with E-state index < -0.39 is 65.7 Å². The summed E-state index contributed by atoms with van der Waals surface area (Å²) in [5, 5.41) is 11.6. The number of nitrogens with one attached hydrogen (secondary N) is 4. The SMILES string of the molecule is CCCCC[C@@H](C(=O)NCNC(=O)c1ccc(-c2ccc(C(=O)N[C@@H](CC(=O)OCCCC)C(=O)OCCCC)c(OCC)c2)o1)[C@@H](CC)N(C=O)OC(=O)NC(C)(C)c1ccccc1. The maximum absolute atomic E-state index is 13.7. The highest BCUT2D eigenvalue weighted by atomic mass is 16.7. The van der Waals surface area contributed by atoms with Crippen LogP contribution < -0.4 is 26.0 Å². The number of carbonyl (C=O) groups excluding carboxylic acids is 7. The molecule has 0 radical (unpaired) electrons. The van der Waals surface area contributed by atoms with Gasteiger partial charge in [0.05, 0.1) is 56.0 Å². The number of unbranched alkanes of at least 4 members (excludes halogenated alkanes) is 4. The van der Waals surface area contributed by atoms with Crippen LogP contribution in [0.25, 0.3) is 11.3 Å². The van der Waals surface area contributed by atoms with Crippen molar-refractivity contribution >= 4 is 42.2 Å². The molecule has 3 atom stereocenters. The number of benzene rings is 2. The van der Waals surface area contributed by atoms with Gasteiger partial charge in [0, 0.05) is 5.56 Å². The lowest BCUT2D eigenvalue weighted by molar-refractivity contribution is -0.169. The standard InChI is InChI=1S/C48H67N5O12/c1-8-13-17-22-35(38(11-4)53(32-54)65-47(60)52-48(6,7)34-20-18-16-19-21-34)43(56)49-31-50-45(58)40-26-25-39(64-40)33-23-24-36(41(29-33)61-12-5)44(57)51-37(46(59)63-28-15-10-3)30-42(55)62-27-14-9-2/h16,18-21,23-26,29,32,35,37-38H,8-15,17,22,27-28,30-31H2,1-7H3,(H,49,56)(H,50,58)(H,51,57)(H,52,60)/t35-,37+,38-/m1/s1. The molecule has 3 aromatic rings. The van der Waals surface area contributed by atoms with Crippen LogP contribution >= 0.6 is 0 Å². The monoisotopic (exact) mass is 905 g/mol. The molecule has 2 aromatic carbocycles. The fourth-order valence-electron chi connectivity index (χ4n) is 6.81. The molecule has 0 unspecified atom stereocenters. The number of carbonyl (C=O) groups is 7. The lowest BCUT2D eigenvalue weighted by Gasteiger charge is -2.33. The Labute approximate surface area is 382 Å². The first kappa shape index (κ1) is 53.0. The topological polar surface area (TPSA) is 221 Å². The van der Waals surface area contributed by atoms with Gasteiger partial charge in [-0.15, -0.1) is 0 Å². The zero-order valence-electron chi connectivity index (χ0n) is 38.8. The Hall–Kier alpha value is -6.39. The summed E-state index contributed by atoms with van der Waals surface area (Å²) in [4.78, 5) is 96.8. The smallest absolute Gasteiger partial charge is 0.432 e. The number of nitrogens with zero attached hydrogens (tertiary/aromatic N) is 1. The Bertz CT molecular complexity index is 2000. The third-order valence-corrected chi connectivity index (χ3v) is 10.5. The summed E-state index contributed by atoms with van der Waals surface area (Å²) in [6.07, 6.45) is 5.07. The van der Waals surface area contributed by atoms with Crippen LogP contribution in [0.5, 0.6) is 5.75 Å². The van der Waals surface area contributed by atoms with Crippen molar-refractivity contribution in [1.82, 2.24) is 26.3 Å². The maximum Gasteiger partial charge on any atom is 0.432 e. The van der Waals surface area contributed by atoms with Crippen molar-refractivity contribution in [2.45, 2.75) is 130 Å². The van der Waals surface area contributed by atoms with Crippen molar-refractivity contribution in [2.24, 2.45) is 5.92 Å². The normalized spacial score (nSPS) is 12.4. The lowest BCUT2D eigenvalue weighted by Crippen LogP contribution is -2.51. The molecule has 4 N–H and O–H groups in total. The van der Waals surface area contributed by atoms with Gasteiger partial charge in [0.2, 0.25) is 12.3 Å². The zero-order chi connectivity index (χ0) is 47.8. The van der Waals surface area contributed by atoms with Gasteiger partial charge in [-0.3, -0.25) is 24.0 Å². The first-order chi connectivity index (χ1) is 31.2. The second kappa shape index (κ2) is 27.7. The number of hydrogen-bond acceptors (Lipinski definition) is 12. The molecule has 65 heavy (non-hydrogen) atoms. The van der Waals surface area contributed by atoms with Crippen LogP contribution in [0.4, 0.5) is 4.79 Å². The minimum Gasteiger partial charge on any atom is -0.493 e. The first-order valence-electron chi connectivity index (χ1n) is 22.6. The van der Waals surface area contributed by atoms with Gasteiger partial charge in [-0.2, -0.15) is 5.06 Å². The van der Waals surface area contributed by atoms with Crippen LogP contribution in [-0.4, -0.2) is 85.8 Å². The summed E-state index contributed by atoms with van der Waals surface area (Å²) in [5.41, 5.74) is 0.553. The summed E-state index contributed by atoms with van der Waals surface area (Å²) >= 11 is 0. The van der Waals surface area contributed by atoms with Gasteiger partial charge in [-0.1, -0.05) is 96.2 Å². The number of furan rings is 1. The number of rotatable bonds is 29. The molecule has 0 aliphatic carbocycles. The van der Waals surface area contributed by atoms with Crippen molar-refractivity contribution < 1.29 is 57.0 Å². The predicted octanol–water partition coefficient (Wildman–Crippen LogP) is 7.33. The second-order valence-electron chi connectivity index (χ2n) is 15.9. The Balaban J connectivity index is 1.70. The van der Waals surface area contributed by atoms with E-state index in [1.54, 1.807) is 45.9 Å². The quantitative estimate of drug-likeness (QED) is 0.0177.